The maximum atomic E-state index is 13.0. The molecule has 0 radical (unpaired) electrons. The van der Waals surface area contributed by atoms with E-state index in [1.807, 2.05) is 18.2 Å². The van der Waals surface area contributed by atoms with E-state index < -0.39 is 5.97 Å². The first kappa shape index (κ1) is 16.3. The van der Waals surface area contributed by atoms with E-state index in [1.165, 1.54) is 30.3 Å². The Morgan fingerprint density at radius 1 is 0.880 bits per heavy atom. The summed E-state index contributed by atoms with van der Waals surface area (Å²) in [5.74, 6) is -1.42. The third-order valence-electron chi connectivity index (χ3n) is 3.61. The SMILES string of the molecule is Nc1ccccc1Nc1ccc(C(=O)O)c(Nc2ccc(F)cc2)c1. The summed E-state index contributed by atoms with van der Waals surface area (Å²) in [6, 6.07) is 17.8. The van der Waals surface area contributed by atoms with Crippen molar-refractivity contribution in [2.45, 2.75) is 0 Å². The fraction of sp³-hybridized carbons (Fsp3) is 0. The lowest BCUT2D eigenvalue weighted by Gasteiger charge is -2.14. The summed E-state index contributed by atoms with van der Waals surface area (Å²) in [5.41, 5.74) is 8.97. The molecule has 0 amide bonds. The highest BCUT2D eigenvalue weighted by Crippen LogP contribution is 2.28. The smallest absolute Gasteiger partial charge is 0.337 e. The molecule has 5 nitrogen and oxygen atoms in total. The molecule has 5 N–H and O–H groups in total. The highest BCUT2D eigenvalue weighted by molar-refractivity contribution is 5.96. The van der Waals surface area contributed by atoms with E-state index in [0.29, 0.717) is 22.7 Å². The molecule has 0 aliphatic carbocycles. The third kappa shape index (κ3) is 3.87. The minimum Gasteiger partial charge on any atom is -0.478 e. The van der Waals surface area contributed by atoms with Crippen LogP contribution in [-0.2, 0) is 0 Å². The monoisotopic (exact) mass is 337 g/mol. The molecule has 3 aromatic carbocycles. The lowest BCUT2D eigenvalue weighted by Crippen LogP contribution is -2.04. The van der Waals surface area contributed by atoms with Crippen LogP contribution < -0.4 is 16.4 Å². The second-order valence-electron chi connectivity index (χ2n) is 5.41. The molecule has 3 rings (SSSR count). The van der Waals surface area contributed by atoms with Crippen molar-refractivity contribution in [3.63, 3.8) is 0 Å². The summed E-state index contributed by atoms with van der Waals surface area (Å²) in [6.45, 7) is 0. The van der Waals surface area contributed by atoms with Gasteiger partial charge in [0, 0.05) is 11.4 Å². The summed E-state index contributed by atoms with van der Waals surface area (Å²) in [5, 5.41) is 15.5. The van der Waals surface area contributed by atoms with Gasteiger partial charge in [-0.2, -0.15) is 0 Å². The second-order valence-corrected chi connectivity index (χ2v) is 5.41. The molecule has 0 unspecified atom stereocenters. The van der Waals surface area contributed by atoms with Crippen molar-refractivity contribution in [3.8, 4) is 0 Å². The van der Waals surface area contributed by atoms with Gasteiger partial charge in [0.25, 0.3) is 0 Å². The van der Waals surface area contributed by atoms with Gasteiger partial charge in [-0.3, -0.25) is 0 Å². The number of halogens is 1. The first-order valence-electron chi connectivity index (χ1n) is 7.54. The van der Waals surface area contributed by atoms with E-state index in [-0.39, 0.29) is 11.4 Å². The second kappa shape index (κ2) is 6.92. The predicted octanol–water partition coefficient (Wildman–Crippen LogP) is 4.59. The van der Waals surface area contributed by atoms with E-state index in [1.54, 1.807) is 18.2 Å². The lowest BCUT2D eigenvalue weighted by molar-refractivity contribution is 0.0698. The highest BCUT2D eigenvalue weighted by atomic mass is 19.1. The normalized spacial score (nSPS) is 10.3. The van der Waals surface area contributed by atoms with Gasteiger partial charge in [-0.25, -0.2) is 9.18 Å². The molecular formula is C19H16FN3O2. The summed E-state index contributed by atoms with van der Waals surface area (Å²) in [4.78, 5) is 11.4. The molecule has 0 aromatic heterocycles. The van der Waals surface area contributed by atoms with Gasteiger partial charge in [-0.1, -0.05) is 12.1 Å². The zero-order chi connectivity index (χ0) is 17.8. The predicted molar refractivity (Wildman–Crippen MR) is 97.2 cm³/mol. The fourth-order valence-electron chi connectivity index (χ4n) is 2.37. The number of para-hydroxylation sites is 2. The van der Waals surface area contributed by atoms with Gasteiger partial charge >= 0.3 is 5.97 Å². The number of carboxylic acid groups (broad SMARTS) is 1. The average Bonchev–Trinajstić information content (AvgIpc) is 2.59. The third-order valence-corrected chi connectivity index (χ3v) is 3.61. The molecule has 6 heteroatoms. The molecule has 3 aromatic rings. The Morgan fingerprint density at radius 2 is 1.52 bits per heavy atom. The Labute approximate surface area is 143 Å². The van der Waals surface area contributed by atoms with Gasteiger partial charge in [0.05, 0.1) is 22.6 Å². The molecule has 0 fully saturated rings. The number of carbonyl (C=O) groups is 1. The molecule has 0 saturated carbocycles. The van der Waals surface area contributed by atoms with Crippen LogP contribution in [0.5, 0.6) is 0 Å². The number of hydrogen-bond donors (Lipinski definition) is 4. The Balaban J connectivity index is 1.93. The first-order chi connectivity index (χ1) is 12.0. The summed E-state index contributed by atoms with van der Waals surface area (Å²) >= 11 is 0. The summed E-state index contributed by atoms with van der Waals surface area (Å²) in [7, 11) is 0. The number of nitrogens with one attached hydrogen (secondary N) is 2. The van der Waals surface area contributed by atoms with Crippen molar-refractivity contribution in [1.82, 2.24) is 0 Å². The first-order valence-corrected chi connectivity index (χ1v) is 7.54. The van der Waals surface area contributed by atoms with Crippen LogP contribution in [-0.4, -0.2) is 11.1 Å². The van der Waals surface area contributed by atoms with Crippen molar-refractivity contribution >= 4 is 34.4 Å². The average molecular weight is 337 g/mol. The van der Waals surface area contributed by atoms with E-state index in [2.05, 4.69) is 10.6 Å². The van der Waals surface area contributed by atoms with Crippen LogP contribution in [0.25, 0.3) is 0 Å². The fourth-order valence-corrected chi connectivity index (χ4v) is 2.37. The van der Waals surface area contributed by atoms with Crippen molar-refractivity contribution in [2.75, 3.05) is 16.4 Å². The maximum Gasteiger partial charge on any atom is 0.337 e. The van der Waals surface area contributed by atoms with Gasteiger partial charge in [0.15, 0.2) is 0 Å². The number of rotatable bonds is 5. The van der Waals surface area contributed by atoms with E-state index in [0.717, 1.165) is 5.69 Å². The number of aromatic carboxylic acids is 1. The van der Waals surface area contributed by atoms with E-state index in [9.17, 15) is 14.3 Å². The minimum absolute atomic E-state index is 0.107. The van der Waals surface area contributed by atoms with Crippen LogP contribution in [0.4, 0.5) is 32.8 Å². The molecular weight excluding hydrogens is 321 g/mol. The molecule has 25 heavy (non-hydrogen) atoms. The van der Waals surface area contributed by atoms with Gasteiger partial charge in [-0.05, 0) is 54.6 Å². The molecule has 0 bridgehead atoms. The maximum absolute atomic E-state index is 13.0. The van der Waals surface area contributed by atoms with E-state index >= 15 is 0 Å². The minimum atomic E-state index is -1.06. The largest absolute Gasteiger partial charge is 0.478 e. The number of benzene rings is 3. The Morgan fingerprint density at radius 3 is 2.20 bits per heavy atom. The molecule has 0 aliphatic rings. The Hall–Kier alpha value is -3.54. The van der Waals surface area contributed by atoms with Crippen molar-refractivity contribution in [2.24, 2.45) is 0 Å². The molecule has 0 heterocycles. The van der Waals surface area contributed by atoms with Crippen LogP contribution in [0.3, 0.4) is 0 Å². The zero-order valence-electron chi connectivity index (χ0n) is 13.2. The number of hydrogen-bond acceptors (Lipinski definition) is 4. The molecule has 0 atom stereocenters. The van der Waals surface area contributed by atoms with Crippen LogP contribution in [0, 0.1) is 5.82 Å². The summed E-state index contributed by atoms with van der Waals surface area (Å²) < 4.78 is 13.0. The van der Waals surface area contributed by atoms with Gasteiger partial charge in [0.1, 0.15) is 5.82 Å². The highest BCUT2D eigenvalue weighted by Gasteiger charge is 2.12. The number of anilines is 5. The summed E-state index contributed by atoms with van der Waals surface area (Å²) in [6.07, 6.45) is 0. The molecule has 0 spiro atoms. The van der Waals surface area contributed by atoms with Gasteiger partial charge in [0.2, 0.25) is 0 Å². The van der Waals surface area contributed by atoms with Crippen LogP contribution in [0.15, 0.2) is 66.7 Å². The van der Waals surface area contributed by atoms with Crippen molar-refractivity contribution in [3.05, 3.63) is 78.1 Å². The Bertz CT molecular complexity index is 911. The van der Waals surface area contributed by atoms with Crippen LogP contribution in [0.1, 0.15) is 10.4 Å². The lowest BCUT2D eigenvalue weighted by atomic mass is 10.1. The van der Waals surface area contributed by atoms with Gasteiger partial charge < -0.3 is 21.5 Å². The van der Waals surface area contributed by atoms with Crippen LogP contribution >= 0.6 is 0 Å². The standard InChI is InChI=1S/C19H16FN3O2/c20-12-5-7-13(8-6-12)22-18-11-14(9-10-15(18)19(24)25)23-17-4-2-1-3-16(17)21/h1-11,22-23H,21H2,(H,24,25). The van der Waals surface area contributed by atoms with Crippen molar-refractivity contribution in [1.29, 1.82) is 0 Å². The quantitative estimate of drug-likeness (QED) is 0.511. The zero-order valence-corrected chi connectivity index (χ0v) is 13.2. The van der Waals surface area contributed by atoms with Crippen LogP contribution in [0.2, 0.25) is 0 Å². The number of nitrogen functional groups attached to an aromatic ring is 1. The number of carboxylic acids is 1. The molecule has 0 saturated heterocycles. The topological polar surface area (TPSA) is 87.4 Å². The number of nitrogens with two attached hydrogens (primary N) is 1. The van der Waals surface area contributed by atoms with E-state index in [4.69, 9.17) is 5.73 Å². The molecule has 126 valence electrons. The molecule has 0 aliphatic heterocycles. The Kier molecular flexibility index (Phi) is 4.52. The van der Waals surface area contributed by atoms with Gasteiger partial charge in [-0.15, -0.1) is 0 Å². The van der Waals surface area contributed by atoms with Crippen molar-refractivity contribution < 1.29 is 14.3 Å².